The van der Waals surface area contributed by atoms with Crippen LogP contribution < -0.4 is 0 Å². The Morgan fingerprint density at radius 3 is 1.83 bits per heavy atom. The topological polar surface area (TPSA) is 32.7 Å². The molecule has 0 amide bonds. The normalized spacial score (nSPS) is 16.8. The number of allylic oxidation sites excluding steroid dienone is 2. The van der Waals surface area contributed by atoms with Gasteiger partial charge in [0.15, 0.2) is 0 Å². The Balaban J connectivity index is -0.000000549. The number of nitrogens with zero attached hydrogens (tertiary/aromatic N) is 1. The summed E-state index contributed by atoms with van der Waals surface area (Å²) in [6.07, 6.45) is 4.79. The van der Waals surface area contributed by atoms with E-state index in [2.05, 4.69) is 46.4 Å². The summed E-state index contributed by atoms with van der Waals surface area (Å²) in [5.74, 6) is 1.48. The predicted octanol–water partition coefficient (Wildman–Crippen LogP) is 6.23. The summed E-state index contributed by atoms with van der Waals surface area (Å²) in [6, 6.07) is 0. The van der Waals surface area contributed by atoms with Crippen LogP contribution in [0.4, 0.5) is 0 Å². The fourth-order valence-electron chi connectivity index (χ4n) is 2.30. The van der Waals surface area contributed by atoms with Gasteiger partial charge in [0.05, 0.1) is 6.10 Å². The first-order valence-electron chi connectivity index (χ1n) is 10.2. The van der Waals surface area contributed by atoms with E-state index in [4.69, 9.17) is 9.84 Å². The second-order valence-corrected chi connectivity index (χ2v) is 5.69. The summed E-state index contributed by atoms with van der Waals surface area (Å²) in [7, 11) is 0. The maximum absolute atomic E-state index is 9.15. The minimum Gasteiger partial charge on any atom is -0.493 e. The second kappa shape index (κ2) is 20.3. The number of ether oxygens (including phenoxy) is 1. The fourth-order valence-corrected chi connectivity index (χ4v) is 2.30. The van der Waals surface area contributed by atoms with Crippen molar-refractivity contribution in [3.05, 3.63) is 11.5 Å². The Kier molecular flexibility index (Phi) is 23.8. The molecule has 1 atom stereocenters. The third-order valence-electron chi connectivity index (χ3n) is 3.78. The van der Waals surface area contributed by atoms with Crippen molar-refractivity contribution in [1.29, 1.82) is 0 Å². The van der Waals surface area contributed by atoms with Crippen LogP contribution in [0, 0.1) is 5.92 Å². The summed E-state index contributed by atoms with van der Waals surface area (Å²) in [6.45, 7) is 23.1. The van der Waals surface area contributed by atoms with Gasteiger partial charge in [-0.3, -0.25) is 0 Å². The molecule has 0 saturated carbocycles. The van der Waals surface area contributed by atoms with Gasteiger partial charge >= 0.3 is 0 Å². The molecule has 0 aliphatic carbocycles. The van der Waals surface area contributed by atoms with Crippen molar-refractivity contribution in [1.82, 2.24) is 4.90 Å². The summed E-state index contributed by atoms with van der Waals surface area (Å²) in [4.78, 5) is 2.33. The molecule has 1 saturated heterocycles. The van der Waals surface area contributed by atoms with Gasteiger partial charge in [0.1, 0.15) is 5.76 Å². The van der Waals surface area contributed by atoms with Gasteiger partial charge in [0, 0.05) is 31.3 Å². The van der Waals surface area contributed by atoms with Crippen molar-refractivity contribution in [2.75, 3.05) is 19.7 Å². The lowest BCUT2D eigenvalue weighted by Crippen LogP contribution is -2.22. The highest BCUT2D eigenvalue weighted by Crippen LogP contribution is 2.23. The van der Waals surface area contributed by atoms with Crippen molar-refractivity contribution in [2.24, 2.45) is 5.92 Å². The third kappa shape index (κ3) is 12.7. The van der Waals surface area contributed by atoms with Gasteiger partial charge in [-0.15, -0.1) is 0 Å². The zero-order valence-electron chi connectivity index (χ0n) is 18.4. The van der Waals surface area contributed by atoms with Crippen molar-refractivity contribution in [3.63, 3.8) is 0 Å². The number of hydrogen-bond donors (Lipinski definition) is 1. The van der Waals surface area contributed by atoms with E-state index in [1.54, 1.807) is 0 Å². The molecule has 1 fully saturated rings. The minimum absolute atomic E-state index is 0.302. The first-order valence-corrected chi connectivity index (χ1v) is 10.2. The molecule has 3 nitrogen and oxygen atoms in total. The summed E-state index contributed by atoms with van der Waals surface area (Å²) >= 11 is 0. The molecule has 1 aliphatic rings. The highest BCUT2D eigenvalue weighted by atomic mass is 16.5. The Bertz CT molecular complexity index is 273. The van der Waals surface area contributed by atoms with Crippen LogP contribution >= 0.6 is 0 Å². The molecule has 0 bridgehead atoms. The van der Waals surface area contributed by atoms with E-state index in [1.807, 2.05) is 27.7 Å². The Hall–Kier alpha value is -0.700. The minimum atomic E-state index is 0.302. The van der Waals surface area contributed by atoms with Crippen LogP contribution in [0.15, 0.2) is 11.5 Å². The number of hydrogen-bond acceptors (Lipinski definition) is 3. The lowest BCUT2D eigenvalue weighted by atomic mass is 10.1. The van der Waals surface area contributed by atoms with Crippen LogP contribution in [0.25, 0.3) is 0 Å². The molecular weight excluding hydrogens is 298 g/mol. The molecule has 0 aromatic heterocycles. The van der Waals surface area contributed by atoms with Crippen LogP contribution in [0.1, 0.15) is 94.9 Å². The largest absolute Gasteiger partial charge is 0.493 e. The molecule has 0 radical (unpaired) electrons. The maximum Gasteiger partial charge on any atom is 0.112 e. The zero-order valence-corrected chi connectivity index (χ0v) is 18.4. The van der Waals surface area contributed by atoms with Crippen LogP contribution in [0.2, 0.25) is 0 Å². The van der Waals surface area contributed by atoms with Crippen LogP contribution in [0.5, 0.6) is 0 Å². The fraction of sp³-hybridized carbons (Fsp3) is 0.905. The number of likely N-dealkylation sites (tertiary alicyclic amines) is 1. The molecule has 3 heteroatoms. The van der Waals surface area contributed by atoms with Crippen molar-refractivity contribution in [3.8, 4) is 0 Å². The van der Waals surface area contributed by atoms with E-state index >= 15 is 0 Å². The summed E-state index contributed by atoms with van der Waals surface area (Å²) in [5, 5.41) is 9.15. The zero-order chi connectivity index (χ0) is 19.5. The molecular formula is C21H47NO2. The SMILES string of the molecule is CC.CC.CCC.CCC(CC)O/C(C)=C(/C)N1CCC(CO)C1. The van der Waals surface area contributed by atoms with Gasteiger partial charge in [-0.05, 0) is 33.1 Å². The van der Waals surface area contributed by atoms with Gasteiger partial charge in [-0.25, -0.2) is 0 Å². The number of aliphatic hydroxyl groups excluding tert-OH is 1. The Morgan fingerprint density at radius 1 is 1.04 bits per heavy atom. The Labute approximate surface area is 153 Å². The number of aliphatic hydroxyl groups is 1. The van der Waals surface area contributed by atoms with Crippen LogP contribution in [-0.2, 0) is 4.74 Å². The van der Waals surface area contributed by atoms with Crippen molar-refractivity contribution in [2.45, 2.75) is 101 Å². The lowest BCUT2D eigenvalue weighted by molar-refractivity contribution is 0.102. The smallest absolute Gasteiger partial charge is 0.112 e. The van der Waals surface area contributed by atoms with E-state index in [0.29, 0.717) is 18.6 Å². The number of rotatable bonds is 6. The molecule has 1 N–H and O–H groups in total. The van der Waals surface area contributed by atoms with Gasteiger partial charge in [0.25, 0.3) is 0 Å². The van der Waals surface area contributed by atoms with Gasteiger partial charge in [-0.2, -0.15) is 0 Å². The van der Waals surface area contributed by atoms with E-state index in [-0.39, 0.29) is 0 Å². The third-order valence-corrected chi connectivity index (χ3v) is 3.78. The molecule has 0 aromatic carbocycles. The molecule has 1 rings (SSSR count). The second-order valence-electron chi connectivity index (χ2n) is 5.69. The quantitative estimate of drug-likeness (QED) is 0.579. The average Bonchev–Trinajstić information content (AvgIpc) is 3.12. The maximum atomic E-state index is 9.15. The summed E-state index contributed by atoms with van der Waals surface area (Å²) < 4.78 is 5.97. The first-order chi connectivity index (χ1) is 11.5. The van der Waals surface area contributed by atoms with Gasteiger partial charge in [-0.1, -0.05) is 61.8 Å². The molecule has 1 aliphatic heterocycles. The molecule has 24 heavy (non-hydrogen) atoms. The monoisotopic (exact) mass is 345 g/mol. The van der Waals surface area contributed by atoms with Crippen molar-refractivity contribution >= 4 is 0 Å². The highest BCUT2D eigenvalue weighted by molar-refractivity contribution is 5.05. The standard InChI is InChI=1S/C14H27NO2.C3H8.2C2H6/c1-5-14(6-2)17-12(4)11(3)15-8-7-13(9-15)10-16;1-3-2;2*1-2/h13-14,16H,5-10H2,1-4H3;3H2,1-2H3;2*1-2H3/b12-11-;;;. The lowest BCUT2D eigenvalue weighted by Gasteiger charge is -2.24. The van der Waals surface area contributed by atoms with Crippen LogP contribution in [-0.4, -0.2) is 35.8 Å². The molecule has 1 unspecified atom stereocenters. The first kappa shape index (κ1) is 28.1. The van der Waals surface area contributed by atoms with Gasteiger partial charge < -0.3 is 14.7 Å². The van der Waals surface area contributed by atoms with Crippen LogP contribution in [0.3, 0.4) is 0 Å². The molecule has 1 heterocycles. The van der Waals surface area contributed by atoms with E-state index in [9.17, 15) is 0 Å². The van der Waals surface area contributed by atoms with E-state index < -0.39 is 0 Å². The summed E-state index contributed by atoms with van der Waals surface area (Å²) in [5.41, 5.74) is 1.23. The van der Waals surface area contributed by atoms with E-state index in [0.717, 1.165) is 38.1 Å². The average molecular weight is 346 g/mol. The van der Waals surface area contributed by atoms with Gasteiger partial charge in [0.2, 0.25) is 0 Å². The molecule has 0 aromatic rings. The van der Waals surface area contributed by atoms with Crippen molar-refractivity contribution < 1.29 is 9.84 Å². The Morgan fingerprint density at radius 2 is 1.50 bits per heavy atom. The molecule has 148 valence electrons. The van der Waals surface area contributed by atoms with E-state index in [1.165, 1.54) is 12.1 Å². The highest BCUT2D eigenvalue weighted by Gasteiger charge is 2.23. The predicted molar refractivity (Wildman–Crippen MR) is 109 cm³/mol. The molecule has 0 spiro atoms.